The van der Waals surface area contributed by atoms with Gasteiger partial charge in [-0.2, -0.15) is 0 Å². The lowest BCUT2D eigenvalue weighted by molar-refractivity contribution is 0.0284. The van der Waals surface area contributed by atoms with E-state index in [1.54, 1.807) is 18.3 Å². The van der Waals surface area contributed by atoms with E-state index in [0.29, 0.717) is 13.0 Å². The second-order valence-electron chi connectivity index (χ2n) is 11.2. The first-order valence-electron chi connectivity index (χ1n) is 12.5. The summed E-state index contributed by atoms with van der Waals surface area (Å²) in [5.41, 5.74) is 4.69. The number of fused-ring (bicyclic) bond motifs is 3. The number of benzene rings is 1. The van der Waals surface area contributed by atoms with Crippen molar-refractivity contribution in [2.45, 2.75) is 58.8 Å². The lowest BCUT2D eigenvalue weighted by Gasteiger charge is -2.24. The monoisotopic (exact) mass is 520 g/mol. The molecule has 0 fully saturated rings. The first kappa shape index (κ1) is 27.0. The maximum Gasteiger partial charge on any atom is 0.410 e. The zero-order chi connectivity index (χ0) is 27.8. The Bertz CT molecular complexity index is 1490. The highest BCUT2D eigenvalue weighted by Gasteiger charge is 2.27. The van der Waals surface area contributed by atoms with Crippen molar-refractivity contribution in [1.82, 2.24) is 29.7 Å². The summed E-state index contributed by atoms with van der Waals surface area (Å²) < 4.78 is 13.0. The third kappa shape index (κ3) is 5.90. The normalized spacial score (nSPS) is 12.1. The van der Waals surface area contributed by atoms with Gasteiger partial charge in [-0.3, -0.25) is 0 Å². The first-order chi connectivity index (χ1) is 17.8. The number of alkyl carbamates (subject to hydrolysis) is 1. The second kappa shape index (κ2) is 10.00. The van der Waals surface area contributed by atoms with Crippen LogP contribution in [0.3, 0.4) is 0 Å². The molecule has 0 radical (unpaired) electrons. The standard InChI is InChI=1S/C28H36N6O4/c1-27(2,3)38-26(36)33(7)15-17-10-9-11-18(12-17)20-13-19-23-22(30-16-34(23)8)21(32-24(19)31-20)14-28(4,5)37-25(35)29-6/h9-13,16H,14-15H2,1-8H3,(H,29,35)(H,31,32). The van der Waals surface area contributed by atoms with Gasteiger partial charge in [0.05, 0.1) is 17.5 Å². The minimum Gasteiger partial charge on any atom is -0.444 e. The van der Waals surface area contributed by atoms with Gasteiger partial charge in [-0.15, -0.1) is 0 Å². The number of hydrogen-bond donors (Lipinski definition) is 2. The van der Waals surface area contributed by atoms with Crippen LogP contribution in [-0.4, -0.2) is 61.9 Å². The number of pyridine rings is 1. The molecule has 202 valence electrons. The van der Waals surface area contributed by atoms with Crippen molar-refractivity contribution in [2.75, 3.05) is 14.1 Å². The Balaban J connectivity index is 1.67. The number of H-pyrrole nitrogens is 1. The van der Waals surface area contributed by atoms with Crippen molar-refractivity contribution in [3.8, 4) is 11.3 Å². The number of carbonyl (C=O) groups is 2. The third-order valence-corrected chi connectivity index (χ3v) is 6.04. The zero-order valence-electron chi connectivity index (χ0n) is 23.3. The summed E-state index contributed by atoms with van der Waals surface area (Å²) in [4.78, 5) is 38.8. The summed E-state index contributed by atoms with van der Waals surface area (Å²) in [6.45, 7) is 9.67. The topological polar surface area (TPSA) is 114 Å². The molecule has 4 rings (SSSR count). The van der Waals surface area contributed by atoms with Gasteiger partial charge in [0.2, 0.25) is 0 Å². The zero-order valence-corrected chi connectivity index (χ0v) is 23.3. The molecule has 3 aromatic heterocycles. The molecule has 4 aromatic rings. The van der Waals surface area contributed by atoms with Gasteiger partial charge < -0.3 is 29.2 Å². The number of hydrogen-bond acceptors (Lipinski definition) is 6. The van der Waals surface area contributed by atoms with E-state index in [-0.39, 0.29) is 6.09 Å². The van der Waals surface area contributed by atoms with E-state index in [9.17, 15) is 9.59 Å². The van der Waals surface area contributed by atoms with Crippen LogP contribution in [0.2, 0.25) is 0 Å². The molecule has 0 spiro atoms. The van der Waals surface area contributed by atoms with E-state index in [4.69, 9.17) is 14.5 Å². The molecule has 2 N–H and O–H groups in total. The van der Waals surface area contributed by atoms with E-state index in [1.165, 1.54) is 7.05 Å². The minimum atomic E-state index is -0.783. The molecule has 2 amide bonds. The SMILES string of the molecule is CNC(=O)OC(C)(C)Cc1nc2[nH]c(-c3cccc(CN(C)C(=O)OC(C)(C)C)c3)cc2c2c1ncn2C. The van der Waals surface area contributed by atoms with E-state index < -0.39 is 17.3 Å². The van der Waals surface area contributed by atoms with Gasteiger partial charge in [0.15, 0.2) is 0 Å². The number of amides is 2. The van der Waals surface area contributed by atoms with Crippen LogP contribution in [0.25, 0.3) is 33.3 Å². The van der Waals surface area contributed by atoms with Crippen LogP contribution in [0.5, 0.6) is 0 Å². The molecule has 0 bridgehead atoms. The maximum atomic E-state index is 12.4. The molecular formula is C28H36N6O4. The summed E-state index contributed by atoms with van der Waals surface area (Å²) in [7, 11) is 5.21. The first-order valence-corrected chi connectivity index (χ1v) is 12.5. The smallest absolute Gasteiger partial charge is 0.410 e. The second-order valence-corrected chi connectivity index (χ2v) is 11.2. The largest absolute Gasteiger partial charge is 0.444 e. The molecule has 10 nitrogen and oxygen atoms in total. The van der Waals surface area contributed by atoms with Gasteiger partial charge in [-0.05, 0) is 57.9 Å². The van der Waals surface area contributed by atoms with Crippen LogP contribution in [0.15, 0.2) is 36.7 Å². The summed E-state index contributed by atoms with van der Waals surface area (Å²) in [5, 5.41) is 3.44. The molecule has 1 aromatic carbocycles. The highest BCUT2D eigenvalue weighted by atomic mass is 16.6. The van der Waals surface area contributed by atoms with Gasteiger partial charge in [0, 0.05) is 45.2 Å². The highest BCUT2D eigenvalue weighted by molar-refractivity contribution is 6.04. The van der Waals surface area contributed by atoms with Gasteiger partial charge in [-0.1, -0.05) is 18.2 Å². The Morgan fingerprint density at radius 1 is 1.13 bits per heavy atom. The number of aromatic amines is 1. The van der Waals surface area contributed by atoms with Crippen molar-refractivity contribution >= 4 is 34.3 Å². The van der Waals surface area contributed by atoms with Crippen molar-refractivity contribution < 1.29 is 19.1 Å². The van der Waals surface area contributed by atoms with Gasteiger partial charge in [0.1, 0.15) is 22.4 Å². The molecule has 0 aliphatic rings. The fourth-order valence-electron chi connectivity index (χ4n) is 4.39. The summed E-state index contributed by atoms with van der Waals surface area (Å²) in [6.07, 6.45) is 1.30. The average Bonchev–Trinajstić information content (AvgIpc) is 3.41. The number of nitrogens with one attached hydrogen (secondary N) is 2. The van der Waals surface area contributed by atoms with E-state index in [1.807, 2.05) is 70.5 Å². The van der Waals surface area contributed by atoms with E-state index in [0.717, 1.165) is 44.6 Å². The minimum absolute atomic E-state index is 0.368. The summed E-state index contributed by atoms with van der Waals surface area (Å²) in [6, 6.07) is 10.1. The number of nitrogens with zero attached hydrogens (tertiary/aromatic N) is 4. The third-order valence-electron chi connectivity index (χ3n) is 6.04. The molecule has 0 saturated carbocycles. The molecule has 0 saturated heterocycles. The van der Waals surface area contributed by atoms with Crippen molar-refractivity contribution in [1.29, 1.82) is 0 Å². The molecule has 3 heterocycles. The van der Waals surface area contributed by atoms with Crippen molar-refractivity contribution in [2.24, 2.45) is 7.05 Å². The van der Waals surface area contributed by atoms with Crippen molar-refractivity contribution in [3.05, 3.63) is 47.9 Å². The molecule has 0 unspecified atom stereocenters. The van der Waals surface area contributed by atoms with Crippen LogP contribution >= 0.6 is 0 Å². The highest BCUT2D eigenvalue weighted by Crippen LogP contribution is 2.32. The number of carbonyl (C=O) groups excluding carboxylic acids is 2. The predicted octanol–water partition coefficient (Wildman–Crippen LogP) is 5.16. The molecular weight excluding hydrogens is 484 g/mol. The summed E-state index contributed by atoms with van der Waals surface area (Å²) in [5.74, 6) is 0. The van der Waals surface area contributed by atoms with Crippen molar-refractivity contribution in [3.63, 3.8) is 0 Å². The fraction of sp³-hybridized carbons (Fsp3) is 0.429. The Morgan fingerprint density at radius 3 is 2.55 bits per heavy atom. The summed E-state index contributed by atoms with van der Waals surface area (Å²) >= 11 is 0. The van der Waals surface area contributed by atoms with Crippen LogP contribution < -0.4 is 5.32 Å². The predicted molar refractivity (Wildman–Crippen MR) is 147 cm³/mol. The number of ether oxygens (including phenoxy) is 2. The Kier molecular flexibility index (Phi) is 7.10. The fourth-order valence-corrected chi connectivity index (χ4v) is 4.39. The van der Waals surface area contributed by atoms with Gasteiger partial charge >= 0.3 is 12.2 Å². The number of rotatable bonds is 6. The van der Waals surface area contributed by atoms with Crippen LogP contribution in [0.4, 0.5) is 9.59 Å². The quantitative estimate of drug-likeness (QED) is 0.363. The van der Waals surface area contributed by atoms with Gasteiger partial charge in [-0.25, -0.2) is 19.6 Å². The maximum absolute atomic E-state index is 12.4. The Labute approximate surface area is 222 Å². The lowest BCUT2D eigenvalue weighted by Crippen LogP contribution is -2.35. The lowest BCUT2D eigenvalue weighted by atomic mass is 10.0. The van der Waals surface area contributed by atoms with Gasteiger partial charge in [0.25, 0.3) is 0 Å². The Hall–Kier alpha value is -4.08. The Morgan fingerprint density at radius 2 is 1.87 bits per heavy atom. The number of imidazole rings is 1. The average molecular weight is 521 g/mol. The van der Waals surface area contributed by atoms with E-state index in [2.05, 4.69) is 21.4 Å². The number of aryl methyl sites for hydroxylation is 1. The van der Waals surface area contributed by atoms with Crippen LogP contribution in [0.1, 0.15) is 45.9 Å². The van der Waals surface area contributed by atoms with Crippen LogP contribution in [0, 0.1) is 0 Å². The van der Waals surface area contributed by atoms with Crippen LogP contribution in [-0.2, 0) is 29.5 Å². The molecule has 0 aliphatic heterocycles. The molecule has 0 aliphatic carbocycles. The van der Waals surface area contributed by atoms with E-state index >= 15 is 0 Å². The molecule has 38 heavy (non-hydrogen) atoms. The molecule has 0 atom stereocenters. The number of aromatic nitrogens is 4. The molecule has 10 heteroatoms.